The molecule has 1 aliphatic heterocycles. The first-order valence-electron chi connectivity index (χ1n) is 6.93. The van der Waals surface area contributed by atoms with Crippen molar-refractivity contribution in [3.8, 4) is 5.75 Å². The van der Waals surface area contributed by atoms with Gasteiger partial charge in [-0.1, -0.05) is 24.6 Å². The molecule has 0 bridgehead atoms. The Balaban J connectivity index is 2.20. The van der Waals surface area contributed by atoms with Crippen molar-refractivity contribution in [1.82, 2.24) is 4.90 Å². The Bertz CT molecular complexity index is 361. The van der Waals surface area contributed by atoms with Crippen LogP contribution in [0.1, 0.15) is 37.8 Å². The van der Waals surface area contributed by atoms with Gasteiger partial charge < -0.3 is 9.84 Å². The van der Waals surface area contributed by atoms with Gasteiger partial charge in [-0.15, -0.1) is 0 Å². The molecule has 0 aliphatic carbocycles. The second-order valence-electron chi connectivity index (χ2n) is 4.77. The standard InChI is InChI=1S/C15H23NO2/c1-2-18-15-9-5-4-8-13(15)14(12-17)16-10-6-3-7-11-16/h4-5,8-9,14,17H,2-3,6-7,10-12H2,1H3. The normalized spacial score (nSPS) is 18.6. The molecule has 1 saturated heterocycles. The minimum atomic E-state index is 0.0769. The molecule has 0 radical (unpaired) electrons. The van der Waals surface area contributed by atoms with E-state index in [1.165, 1.54) is 19.3 Å². The molecule has 0 aromatic heterocycles. The van der Waals surface area contributed by atoms with Gasteiger partial charge >= 0.3 is 0 Å². The quantitative estimate of drug-likeness (QED) is 0.870. The maximum atomic E-state index is 9.73. The monoisotopic (exact) mass is 249 g/mol. The van der Waals surface area contributed by atoms with E-state index in [2.05, 4.69) is 11.0 Å². The van der Waals surface area contributed by atoms with Crippen molar-refractivity contribution in [2.45, 2.75) is 32.2 Å². The predicted molar refractivity (Wildman–Crippen MR) is 72.9 cm³/mol. The lowest BCUT2D eigenvalue weighted by Crippen LogP contribution is -2.35. The molecule has 1 aliphatic rings. The molecule has 1 N–H and O–H groups in total. The van der Waals surface area contributed by atoms with Crippen molar-refractivity contribution in [3.63, 3.8) is 0 Å². The minimum absolute atomic E-state index is 0.0769. The van der Waals surface area contributed by atoms with E-state index >= 15 is 0 Å². The van der Waals surface area contributed by atoms with Gasteiger partial charge in [0.2, 0.25) is 0 Å². The molecule has 100 valence electrons. The SMILES string of the molecule is CCOc1ccccc1C(CO)N1CCCCC1. The van der Waals surface area contributed by atoms with Crippen molar-refractivity contribution in [2.75, 3.05) is 26.3 Å². The van der Waals surface area contributed by atoms with Gasteiger partial charge in [0.05, 0.1) is 19.3 Å². The van der Waals surface area contributed by atoms with Crippen molar-refractivity contribution in [1.29, 1.82) is 0 Å². The number of nitrogens with zero attached hydrogens (tertiary/aromatic N) is 1. The number of likely N-dealkylation sites (tertiary alicyclic amines) is 1. The lowest BCUT2D eigenvalue weighted by Gasteiger charge is -2.34. The summed E-state index contributed by atoms with van der Waals surface area (Å²) in [4.78, 5) is 2.38. The second kappa shape index (κ2) is 6.76. The fraction of sp³-hybridized carbons (Fsp3) is 0.600. The summed E-state index contributed by atoms with van der Waals surface area (Å²) in [6, 6.07) is 8.14. The number of hydrogen-bond donors (Lipinski definition) is 1. The van der Waals surface area contributed by atoms with Crippen molar-refractivity contribution in [2.24, 2.45) is 0 Å². The molecule has 2 rings (SSSR count). The number of hydrogen-bond acceptors (Lipinski definition) is 3. The maximum Gasteiger partial charge on any atom is 0.124 e. The zero-order valence-corrected chi connectivity index (χ0v) is 11.1. The zero-order chi connectivity index (χ0) is 12.8. The predicted octanol–water partition coefficient (Wildman–Crippen LogP) is 2.60. The van der Waals surface area contributed by atoms with Crippen LogP contribution in [0.25, 0.3) is 0 Å². The zero-order valence-electron chi connectivity index (χ0n) is 11.1. The summed E-state index contributed by atoms with van der Waals surface area (Å²) in [5.41, 5.74) is 1.11. The van der Waals surface area contributed by atoms with Crippen molar-refractivity contribution < 1.29 is 9.84 Å². The number of para-hydroxylation sites is 1. The van der Waals surface area contributed by atoms with E-state index in [-0.39, 0.29) is 12.6 Å². The van der Waals surface area contributed by atoms with Crippen LogP contribution in [0.5, 0.6) is 5.75 Å². The summed E-state index contributed by atoms with van der Waals surface area (Å²) >= 11 is 0. The summed E-state index contributed by atoms with van der Waals surface area (Å²) in [6.07, 6.45) is 3.77. The number of aliphatic hydroxyl groups excluding tert-OH is 1. The van der Waals surface area contributed by atoms with E-state index in [1.807, 2.05) is 25.1 Å². The first kappa shape index (κ1) is 13.4. The Morgan fingerprint density at radius 2 is 1.94 bits per heavy atom. The van der Waals surface area contributed by atoms with E-state index in [0.29, 0.717) is 6.61 Å². The van der Waals surface area contributed by atoms with E-state index in [9.17, 15) is 5.11 Å². The average molecular weight is 249 g/mol. The van der Waals surface area contributed by atoms with E-state index in [1.54, 1.807) is 0 Å². The number of aliphatic hydroxyl groups is 1. The highest BCUT2D eigenvalue weighted by Gasteiger charge is 2.23. The van der Waals surface area contributed by atoms with Crippen molar-refractivity contribution >= 4 is 0 Å². The number of rotatable bonds is 5. The van der Waals surface area contributed by atoms with Crippen LogP contribution in [0.15, 0.2) is 24.3 Å². The lowest BCUT2D eigenvalue weighted by molar-refractivity contribution is 0.102. The largest absolute Gasteiger partial charge is 0.494 e. The van der Waals surface area contributed by atoms with Crippen LogP contribution in [0, 0.1) is 0 Å². The third-order valence-electron chi connectivity index (χ3n) is 3.58. The molecule has 1 fully saturated rings. The van der Waals surface area contributed by atoms with Gasteiger partial charge in [0, 0.05) is 5.56 Å². The molecule has 1 aromatic rings. The fourth-order valence-electron chi connectivity index (χ4n) is 2.68. The van der Waals surface area contributed by atoms with Gasteiger partial charge in [0.15, 0.2) is 0 Å². The van der Waals surface area contributed by atoms with Gasteiger partial charge in [0.25, 0.3) is 0 Å². The highest BCUT2D eigenvalue weighted by atomic mass is 16.5. The molecule has 1 aromatic carbocycles. The molecule has 0 saturated carbocycles. The number of benzene rings is 1. The summed E-state index contributed by atoms with van der Waals surface area (Å²) in [5.74, 6) is 0.907. The molecule has 0 amide bonds. The molecule has 3 heteroatoms. The Kier molecular flexibility index (Phi) is 5.02. The van der Waals surface area contributed by atoms with Gasteiger partial charge in [-0.05, 0) is 38.9 Å². The Hall–Kier alpha value is -1.06. The van der Waals surface area contributed by atoms with Crippen LogP contribution >= 0.6 is 0 Å². The van der Waals surface area contributed by atoms with Crippen LogP contribution in [0.2, 0.25) is 0 Å². The Labute approximate surface area is 109 Å². The molecule has 18 heavy (non-hydrogen) atoms. The molecule has 1 atom stereocenters. The van der Waals surface area contributed by atoms with Crippen LogP contribution in [-0.4, -0.2) is 36.3 Å². The molecule has 1 unspecified atom stereocenters. The molecular weight excluding hydrogens is 226 g/mol. The first-order chi connectivity index (χ1) is 8.86. The summed E-state index contributed by atoms with van der Waals surface area (Å²) in [5, 5.41) is 9.73. The Morgan fingerprint density at radius 1 is 1.22 bits per heavy atom. The number of ether oxygens (including phenoxy) is 1. The van der Waals surface area contributed by atoms with E-state index < -0.39 is 0 Å². The van der Waals surface area contributed by atoms with Gasteiger partial charge in [0.1, 0.15) is 5.75 Å². The third-order valence-corrected chi connectivity index (χ3v) is 3.58. The molecule has 3 nitrogen and oxygen atoms in total. The topological polar surface area (TPSA) is 32.7 Å². The average Bonchev–Trinajstić information content (AvgIpc) is 2.43. The fourth-order valence-corrected chi connectivity index (χ4v) is 2.68. The third kappa shape index (κ3) is 3.03. The van der Waals surface area contributed by atoms with Crippen LogP contribution in [0.4, 0.5) is 0 Å². The van der Waals surface area contributed by atoms with Crippen LogP contribution in [0.3, 0.4) is 0 Å². The van der Waals surface area contributed by atoms with Gasteiger partial charge in [-0.2, -0.15) is 0 Å². The van der Waals surface area contributed by atoms with Gasteiger partial charge in [-0.3, -0.25) is 4.90 Å². The van der Waals surface area contributed by atoms with Crippen LogP contribution < -0.4 is 4.74 Å². The highest BCUT2D eigenvalue weighted by Crippen LogP contribution is 2.30. The molecule has 1 heterocycles. The summed E-state index contributed by atoms with van der Waals surface area (Å²) < 4.78 is 5.67. The molecule has 0 spiro atoms. The summed E-state index contributed by atoms with van der Waals surface area (Å²) in [7, 11) is 0. The van der Waals surface area contributed by atoms with Gasteiger partial charge in [-0.25, -0.2) is 0 Å². The second-order valence-corrected chi connectivity index (χ2v) is 4.77. The molecular formula is C15H23NO2. The first-order valence-corrected chi connectivity index (χ1v) is 6.93. The van der Waals surface area contributed by atoms with E-state index in [4.69, 9.17) is 4.74 Å². The van der Waals surface area contributed by atoms with Crippen LogP contribution in [-0.2, 0) is 0 Å². The van der Waals surface area contributed by atoms with E-state index in [0.717, 1.165) is 24.4 Å². The smallest absolute Gasteiger partial charge is 0.124 e. The Morgan fingerprint density at radius 3 is 2.61 bits per heavy atom. The summed E-state index contributed by atoms with van der Waals surface area (Å²) in [6.45, 7) is 4.96. The van der Waals surface area contributed by atoms with Crippen molar-refractivity contribution in [3.05, 3.63) is 29.8 Å². The lowest BCUT2D eigenvalue weighted by atomic mass is 10.0. The maximum absolute atomic E-state index is 9.73. The number of piperidine rings is 1. The highest BCUT2D eigenvalue weighted by molar-refractivity contribution is 5.36. The minimum Gasteiger partial charge on any atom is -0.494 e.